The summed E-state index contributed by atoms with van der Waals surface area (Å²) in [4.78, 5) is 8.10. The van der Waals surface area contributed by atoms with Crippen molar-refractivity contribution in [2.75, 3.05) is 7.11 Å². The van der Waals surface area contributed by atoms with E-state index in [9.17, 15) is 0 Å². The van der Waals surface area contributed by atoms with Crippen molar-refractivity contribution in [1.82, 2.24) is 9.97 Å². The number of hydrogen-bond donors (Lipinski definition) is 2. The van der Waals surface area contributed by atoms with Crippen molar-refractivity contribution in [2.24, 2.45) is 11.7 Å². The highest BCUT2D eigenvalue weighted by atomic mass is 16.5. The second kappa shape index (κ2) is 5.09. The van der Waals surface area contributed by atoms with Crippen molar-refractivity contribution in [1.29, 1.82) is 0 Å². The van der Waals surface area contributed by atoms with E-state index in [1.54, 1.807) is 7.11 Å². The molecule has 3 N–H and O–H groups in total. The summed E-state index contributed by atoms with van der Waals surface area (Å²) in [6.07, 6.45) is 5.69. The molecule has 20 heavy (non-hydrogen) atoms. The number of nitrogens with one attached hydrogen (secondary N) is 1. The molecule has 3 rings (SSSR count). The van der Waals surface area contributed by atoms with Gasteiger partial charge in [-0.3, -0.25) is 0 Å². The number of benzene rings is 1. The number of imidazole rings is 1. The fraction of sp³-hybridized carbons (Fsp3) is 0.562. The van der Waals surface area contributed by atoms with Gasteiger partial charge in [-0.15, -0.1) is 0 Å². The van der Waals surface area contributed by atoms with Crippen molar-refractivity contribution in [3.05, 3.63) is 24.0 Å². The third-order valence-corrected chi connectivity index (χ3v) is 4.74. The number of hydrogen-bond acceptors (Lipinski definition) is 3. The second-order valence-corrected chi connectivity index (χ2v) is 5.98. The molecule has 1 aromatic carbocycles. The topological polar surface area (TPSA) is 63.9 Å². The van der Waals surface area contributed by atoms with Crippen LogP contribution in [0.1, 0.15) is 44.9 Å². The van der Waals surface area contributed by atoms with Gasteiger partial charge < -0.3 is 15.5 Å². The summed E-state index contributed by atoms with van der Waals surface area (Å²) in [5.74, 6) is 2.60. The maximum Gasteiger partial charge on any atom is 0.127 e. The van der Waals surface area contributed by atoms with Crippen molar-refractivity contribution < 1.29 is 4.74 Å². The molecular formula is C16H23N3O. The predicted molar refractivity (Wildman–Crippen MR) is 80.8 cm³/mol. The van der Waals surface area contributed by atoms with Gasteiger partial charge in [-0.25, -0.2) is 4.98 Å². The van der Waals surface area contributed by atoms with Crippen molar-refractivity contribution >= 4 is 11.0 Å². The largest absolute Gasteiger partial charge is 0.497 e. The Morgan fingerprint density at radius 3 is 2.80 bits per heavy atom. The van der Waals surface area contributed by atoms with Crippen LogP contribution < -0.4 is 10.5 Å². The molecule has 0 spiro atoms. The molecule has 1 fully saturated rings. The maximum absolute atomic E-state index is 6.61. The standard InChI is InChI=1S/C16H23N3O/c1-3-11-6-8-16(17,9-7-11)15-18-13-5-4-12(20-2)10-14(13)19-15/h4-5,10-11H,3,6-9,17H2,1-2H3,(H,18,19). The molecule has 1 saturated carbocycles. The Labute approximate surface area is 119 Å². The van der Waals surface area contributed by atoms with Crippen LogP contribution in [-0.2, 0) is 5.54 Å². The van der Waals surface area contributed by atoms with Crippen molar-refractivity contribution in [3.63, 3.8) is 0 Å². The fourth-order valence-corrected chi connectivity index (χ4v) is 3.19. The number of H-pyrrole nitrogens is 1. The Bertz CT molecular complexity index is 597. The maximum atomic E-state index is 6.61. The van der Waals surface area contributed by atoms with Crippen molar-refractivity contribution in [2.45, 2.75) is 44.6 Å². The van der Waals surface area contributed by atoms with Crippen LogP contribution in [0.3, 0.4) is 0 Å². The normalized spacial score (nSPS) is 26.9. The number of fused-ring (bicyclic) bond motifs is 1. The summed E-state index contributed by atoms with van der Waals surface area (Å²) in [7, 11) is 1.68. The van der Waals surface area contributed by atoms with E-state index < -0.39 is 0 Å². The van der Waals surface area contributed by atoms with E-state index in [0.717, 1.165) is 41.4 Å². The van der Waals surface area contributed by atoms with Gasteiger partial charge >= 0.3 is 0 Å². The summed E-state index contributed by atoms with van der Waals surface area (Å²) in [5, 5.41) is 0. The van der Waals surface area contributed by atoms with E-state index in [1.165, 1.54) is 19.3 Å². The monoisotopic (exact) mass is 273 g/mol. The van der Waals surface area contributed by atoms with Crippen LogP contribution in [0.4, 0.5) is 0 Å². The number of aromatic amines is 1. The highest BCUT2D eigenvalue weighted by Crippen LogP contribution is 2.38. The first kappa shape index (κ1) is 13.4. The van der Waals surface area contributed by atoms with Gasteiger partial charge in [0.15, 0.2) is 0 Å². The van der Waals surface area contributed by atoms with Crippen LogP contribution >= 0.6 is 0 Å². The minimum Gasteiger partial charge on any atom is -0.497 e. The van der Waals surface area contributed by atoms with Gasteiger partial charge in [0.25, 0.3) is 0 Å². The zero-order chi connectivity index (χ0) is 14.2. The molecule has 1 heterocycles. The zero-order valence-corrected chi connectivity index (χ0v) is 12.3. The van der Waals surface area contributed by atoms with Gasteiger partial charge in [-0.05, 0) is 43.7 Å². The van der Waals surface area contributed by atoms with Gasteiger partial charge in [0.05, 0.1) is 23.7 Å². The lowest BCUT2D eigenvalue weighted by Crippen LogP contribution is -2.41. The first-order chi connectivity index (χ1) is 9.64. The van der Waals surface area contributed by atoms with Gasteiger partial charge in [0, 0.05) is 6.07 Å². The highest BCUT2D eigenvalue weighted by Gasteiger charge is 2.35. The lowest BCUT2D eigenvalue weighted by molar-refractivity contribution is 0.223. The van der Waals surface area contributed by atoms with Gasteiger partial charge in [0.1, 0.15) is 11.6 Å². The minimum absolute atomic E-state index is 0.294. The first-order valence-corrected chi connectivity index (χ1v) is 7.48. The van der Waals surface area contributed by atoms with Crippen LogP contribution in [0.25, 0.3) is 11.0 Å². The molecule has 0 amide bonds. The summed E-state index contributed by atoms with van der Waals surface area (Å²) in [5.41, 5.74) is 8.28. The summed E-state index contributed by atoms with van der Waals surface area (Å²) in [6, 6.07) is 5.90. The molecule has 0 unspecified atom stereocenters. The molecule has 0 radical (unpaired) electrons. The smallest absolute Gasteiger partial charge is 0.127 e. The second-order valence-electron chi connectivity index (χ2n) is 5.98. The first-order valence-electron chi connectivity index (χ1n) is 7.48. The number of aromatic nitrogens is 2. The van der Waals surface area contributed by atoms with E-state index in [-0.39, 0.29) is 5.54 Å². The molecule has 108 valence electrons. The molecule has 4 nitrogen and oxygen atoms in total. The quantitative estimate of drug-likeness (QED) is 0.901. The van der Waals surface area contributed by atoms with Gasteiger partial charge in [-0.2, -0.15) is 0 Å². The van der Waals surface area contributed by atoms with E-state index >= 15 is 0 Å². The number of ether oxygens (including phenoxy) is 1. The lowest BCUT2D eigenvalue weighted by atomic mass is 9.76. The van der Waals surface area contributed by atoms with E-state index in [0.29, 0.717) is 0 Å². The molecule has 1 aliphatic rings. The Kier molecular flexibility index (Phi) is 3.42. The molecular weight excluding hydrogens is 250 g/mol. The van der Waals surface area contributed by atoms with E-state index in [2.05, 4.69) is 11.9 Å². The fourth-order valence-electron chi connectivity index (χ4n) is 3.19. The SMILES string of the molecule is CCC1CCC(N)(c2nc3ccc(OC)cc3[nH]2)CC1. The predicted octanol–water partition coefficient (Wildman–Crippen LogP) is 3.33. The average molecular weight is 273 g/mol. The third kappa shape index (κ3) is 2.29. The zero-order valence-electron chi connectivity index (χ0n) is 12.3. The Balaban J connectivity index is 1.90. The number of nitrogens with zero attached hydrogens (tertiary/aromatic N) is 1. The molecule has 1 aromatic heterocycles. The third-order valence-electron chi connectivity index (χ3n) is 4.74. The highest BCUT2D eigenvalue weighted by molar-refractivity contribution is 5.77. The molecule has 2 aromatic rings. The number of rotatable bonds is 3. The Morgan fingerprint density at radius 1 is 1.40 bits per heavy atom. The summed E-state index contributed by atoms with van der Waals surface area (Å²) in [6.45, 7) is 2.27. The molecule has 0 saturated heterocycles. The van der Waals surface area contributed by atoms with Crippen LogP contribution in [0, 0.1) is 5.92 Å². The van der Waals surface area contributed by atoms with E-state index in [4.69, 9.17) is 15.5 Å². The molecule has 4 heteroatoms. The Hall–Kier alpha value is -1.55. The van der Waals surface area contributed by atoms with E-state index in [1.807, 2.05) is 18.2 Å². The van der Waals surface area contributed by atoms with Crippen molar-refractivity contribution in [3.8, 4) is 5.75 Å². The molecule has 1 aliphatic carbocycles. The van der Waals surface area contributed by atoms with Crippen LogP contribution in [-0.4, -0.2) is 17.1 Å². The number of nitrogens with two attached hydrogens (primary N) is 1. The summed E-state index contributed by atoms with van der Waals surface area (Å²) < 4.78 is 5.25. The number of methoxy groups -OCH3 is 1. The van der Waals surface area contributed by atoms with Crippen LogP contribution in [0.15, 0.2) is 18.2 Å². The van der Waals surface area contributed by atoms with Gasteiger partial charge in [0.2, 0.25) is 0 Å². The van der Waals surface area contributed by atoms with Gasteiger partial charge in [-0.1, -0.05) is 13.3 Å². The lowest BCUT2D eigenvalue weighted by Gasteiger charge is -2.35. The van der Waals surface area contributed by atoms with Crippen LogP contribution in [0.5, 0.6) is 5.75 Å². The van der Waals surface area contributed by atoms with Crippen LogP contribution in [0.2, 0.25) is 0 Å². The molecule has 0 aliphatic heterocycles. The summed E-state index contributed by atoms with van der Waals surface area (Å²) >= 11 is 0. The average Bonchev–Trinajstić information content (AvgIpc) is 2.91. The Morgan fingerprint density at radius 2 is 2.15 bits per heavy atom. The minimum atomic E-state index is -0.294. The molecule has 0 atom stereocenters. The molecule has 0 bridgehead atoms.